The molecule has 1 fully saturated rings. The molecule has 0 spiro atoms. The van der Waals surface area contributed by atoms with Gasteiger partial charge < -0.3 is 10.3 Å². The molecule has 2 heterocycles. The predicted molar refractivity (Wildman–Crippen MR) is 74.4 cm³/mol. The summed E-state index contributed by atoms with van der Waals surface area (Å²) < 4.78 is 0. The molecule has 5 heteroatoms. The van der Waals surface area contributed by atoms with Crippen molar-refractivity contribution in [2.45, 2.75) is 32.7 Å². The molecule has 1 saturated heterocycles. The quantitative estimate of drug-likeness (QED) is 0.848. The number of aryl methyl sites for hydroxylation is 1. The number of hydrogen-bond donors (Lipinski definition) is 2. The molecule has 0 aromatic carbocycles. The molecule has 0 saturated carbocycles. The molecule has 0 radical (unpaired) electrons. The molecule has 19 heavy (non-hydrogen) atoms. The number of aromatic nitrogens is 1. The lowest BCUT2D eigenvalue weighted by Gasteiger charge is -2.22. The van der Waals surface area contributed by atoms with Crippen LogP contribution in [-0.2, 0) is 0 Å². The molecule has 2 N–H and O–H groups in total. The van der Waals surface area contributed by atoms with Gasteiger partial charge in [-0.2, -0.15) is 0 Å². The second kappa shape index (κ2) is 6.02. The Balaban J connectivity index is 1.96. The Hall–Kier alpha value is -1.62. The van der Waals surface area contributed by atoms with E-state index in [1.807, 2.05) is 0 Å². The number of hydrogen-bond acceptors (Lipinski definition) is 3. The van der Waals surface area contributed by atoms with E-state index < -0.39 is 0 Å². The summed E-state index contributed by atoms with van der Waals surface area (Å²) in [7, 11) is 0. The molecule has 5 nitrogen and oxygen atoms in total. The summed E-state index contributed by atoms with van der Waals surface area (Å²) in [6.07, 6.45) is 2.29. The molecule has 104 valence electrons. The Kier molecular flexibility index (Phi) is 4.37. The first-order valence-corrected chi connectivity index (χ1v) is 6.84. The zero-order chi connectivity index (χ0) is 13.8. The lowest BCUT2D eigenvalue weighted by molar-refractivity contribution is 0.0940. The minimum absolute atomic E-state index is 0.187. The summed E-state index contributed by atoms with van der Waals surface area (Å²) in [5, 5.41) is 2.86. The van der Waals surface area contributed by atoms with Crippen LogP contribution in [-0.4, -0.2) is 41.5 Å². The van der Waals surface area contributed by atoms with E-state index >= 15 is 0 Å². The van der Waals surface area contributed by atoms with Gasteiger partial charge in [0.2, 0.25) is 0 Å². The summed E-state index contributed by atoms with van der Waals surface area (Å²) >= 11 is 0. The highest BCUT2D eigenvalue weighted by atomic mass is 16.2. The van der Waals surface area contributed by atoms with Gasteiger partial charge in [0.15, 0.2) is 0 Å². The zero-order valence-electron chi connectivity index (χ0n) is 11.5. The van der Waals surface area contributed by atoms with Gasteiger partial charge in [0.25, 0.3) is 11.5 Å². The fraction of sp³-hybridized carbons (Fsp3) is 0.571. The number of rotatable bonds is 4. The van der Waals surface area contributed by atoms with Gasteiger partial charge in [0.05, 0.1) is 0 Å². The van der Waals surface area contributed by atoms with Crippen LogP contribution in [0.4, 0.5) is 0 Å². The van der Waals surface area contributed by atoms with E-state index in [9.17, 15) is 9.59 Å². The number of likely N-dealkylation sites (tertiary alicyclic amines) is 1. The third-order valence-corrected chi connectivity index (χ3v) is 3.70. The van der Waals surface area contributed by atoms with E-state index in [1.54, 1.807) is 19.1 Å². The van der Waals surface area contributed by atoms with Gasteiger partial charge in [-0.15, -0.1) is 0 Å². The molecule has 1 aliphatic rings. The molecular formula is C14H21N3O2. The number of nitrogens with zero attached hydrogens (tertiary/aromatic N) is 1. The maximum Gasteiger partial charge on any atom is 0.260 e. The highest BCUT2D eigenvalue weighted by Gasteiger charge is 2.23. The van der Waals surface area contributed by atoms with E-state index in [0.717, 1.165) is 25.2 Å². The van der Waals surface area contributed by atoms with Gasteiger partial charge in [-0.25, -0.2) is 0 Å². The fourth-order valence-corrected chi connectivity index (χ4v) is 2.60. The third kappa shape index (κ3) is 3.23. The normalized spacial score (nSPS) is 19.6. The first-order chi connectivity index (χ1) is 9.11. The van der Waals surface area contributed by atoms with Crippen LogP contribution in [0.15, 0.2) is 16.9 Å². The molecular weight excluding hydrogens is 242 g/mol. The van der Waals surface area contributed by atoms with E-state index in [4.69, 9.17) is 0 Å². The van der Waals surface area contributed by atoms with Crippen LogP contribution in [0.5, 0.6) is 0 Å². The second-order valence-corrected chi connectivity index (χ2v) is 5.02. The summed E-state index contributed by atoms with van der Waals surface area (Å²) in [5.74, 6) is -0.288. The van der Waals surface area contributed by atoms with Gasteiger partial charge in [0, 0.05) is 18.3 Å². The van der Waals surface area contributed by atoms with Gasteiger partial charge >= 0.3 is 0 Å². The fourth-order valence-electron chi connectivity index (χ4n) is 2.60. The van der Waals surface area contributed by atoms with Crippen LogP contribution in [0.3, 0.4) is 0 Å². The maximum absolute atomic E-state index is 12.0. The molecule has 1 aromatic heterocycles. The Morgan fingerprint density at radius 2 is 2.32 bits per heavy atom. The molecule has 0 unspecified atom stereocenters. The predicted octanol–water partition coefficient (Wildman–Crippen LogP) is 0.897. The largest absolute Gasteiger partial charge is 0.350 e. The molecule has 1 aromatic rings. The number of pyridine rings is 1. The van der Waals surface area contributed by atoms with E-state index in [0.29, 0.717) is 12.6 Å². The van der Waals surface area contributed by atoms with Crippen molar-refractivity contribution >= 4 is 5.91 Å². The van der Waals surface area contributed by atoms with Gasteiger partial charge in [-0.3, -0.25) is 14.5 Å². The molecule has 1 atom stereocenters. The molecule has 1 amide bonds. The van der Waals surface area contributed by atoms with Gasteiger partial charge in [0.1, 0.15) is 5.56 Å². The summed E-state index contributed by atoms with van der Waals surface area (Å²) in [6.45, 7) is 6.64. The maximum atomic E-state index is 12.0. The van der Waals surface area contributed by atoms with Crippen LogP contribution in [0.2, 0.25) is 0 Å². The average molecular weight is 263 g/mol. The molecule has 2 rings (SSSR count). The molecule has 1 aliphatic heterocycles. The van der Waals surface area contributed by atoms with Crippen LogP contribution in [0.1, 0.15) is 35.8 Å². The standard InChI is InChI=1S/C14H21N3O2/c1-3-17-8-4-5-11(17)9-15-13(18)12-7-6-10(2)16-14(12)19/h6-7,11H,3-5,8-9H2,1-2H3,(H,15,18)(H,16,19)/t11-/m0/s1. The Morgan fingerprint density at radius 3 is 3.00 bits per heavy atom. The lowest BCUT2D eigenvalue weighted by Crippen LogP contribution is -2.41. The Morgan fingerprint density at radius 1 is 1.53 bits per heavy atom. The first-order valence-electron chi connectivity index (χ1n) is 6.84. The average Bonchev–Trinajstić information content (AvgIpc) is 2.83. The molecule has 0 bridgehead atoms. The van der Waals surface area contributed by atoms with Crippen LogP contribution < -0.4 is 10.9 Å². The lowest BCUT2D eigenvalue weighted by atomic mass is 10.2. The second-order valence-electron chi connectivity index (χ2n) is 5.02. The van der Waals surface area contributed by atoms with E-state index in [-0.39, 0.29) is 17.0 Å². The minimum atomic E-state index is -0.323. The van der Waals surface area contributed by atoms with E-state index in [1.165, 1.54) is 6.42 Å². The number of likely N-dealkylation sites (N-methyl/N-ethyl adjacent to an activating group) is 1. The van der Waals surface area contributed by atoms with Gasteiger partial charge in [-0.05, 0) is 45.0 Å². The van der Waals surface area contributed by atoms with Crippen LogP contribution in [0.25, 0.3) is 0 Å². The Labute approximate surface area is 113 Å². The van der Waals surface area contributed by atoms with Crippen LogP contribution in [0, 0.1) is 6.92 Å². The number of carbonyl (C=O) groups excluding carboxylic acids is 1. The van der Waals surface area contributed by atoms with E-state index in [2.05, 4.69) is 22.1 Å². The van der Waals surface area contributed by atoms with Crippen molar-refractivity contribution in [2.75, 3.05) is 19.6 Å². The number of nitrogens with one attached hydrogen (secondary N) is 2. The monoisotopic (exact) mass is 263 g/mol. The summed E-state index contributed by atoms with van der Waals surface area (Å²) in [6, 6.07) is 3.72. The number of aromatic amines is 1. The van der Waals surface area contributed by atoms with Crippen molar-refractivity contribution < 1.29 is 4.79 Å². The topological polar surface area (TPSA) is 65.2 Å². The number of amides is 1. The zero-order valence-corrected chi connectivity index (χ0v) is 11.5. The van der Waals surface area contributed by atoms with Crippen molar-refractivity contribution in [1.29, 1.82) is 0 Å². The summed E-state index contributed by atoms with van der Waals surface area (Å²) in [4.78, 5) is 28.7. The summed E-state index contributed by atoms with van der Waals surface area (Å²) in [5.41, 5.74) is 0.623. The first kappa shape index (κ1) is 13.8. The number of H-pyrrole nitrogens is 1. The van der Waals surface area contributed by atoms with Crippen LogP contribution >= 0.6 is 0 Å². The SMILES string of the molecule is CCN1CCC[C@H]1CNC(=O)c1ccc(C)[nH]c1=O. The van der Waals surface area contributed by atoms with Crippen molar-refractivity contribution in [2.24, 2.45) is 0 Å². The highest BCUT2D eigenvalue weighted by Crippen LogP contribution is 2.15. The van der Waals surface area contributed by atoms with Crippen molar-refractivity contribution in [3.8, 4) is 0 Å². The highest BCUT2D eigenvalue weighted by molar-refractivity contribution is 5.93. The molecule has 0 aliphatic carbocycles. The van der Waals surface area contributed by atoms with Crippen molar-refractivity contribution in [1.82, 2.24) is 15.2 Å². The minimum Gasteiger partial charge on any atom is -0.350 e. The third-order valence-electron chi connectivity index (χ3n) is 3.70. The van der Waals surface area contributed by atoms with Crippen molar-refractivity contribution in [3.63, 3.8) is 0 Å². The number of carbonyl (C=O) groups is 1. The van der Waals surface area contributed by atoms with Crippen molar-refractivity contribution in [3.05, 3.63) is 33.7 Å². The Bertz CT molecular complexity index is 510. The smallest absolute Gasteiger partial charge is 0.260 e. The van der Waals surface area contributed by atoms with Gasteiger partial charge in [-0.1, -0.05) is 6.92 Å².